The van der Waals surface area contributed by atoms with Crippen LogP contribution in [0.5, 0.6) is 0 Å². The Morgan fingerprint density at radius 1 is 1.30 bits per heavy atom. The standard InChI is InChI=1S/C13H17N3O3S/c1-10(14-8-7-13-15-9-16-19-13)11-3-5-12(6-4-11)20(2,17)18/h3-6,9-10,14H,7-8H2,1-2H3. The van der Waals surface area contributed by atoms with Crippen LogP contribution in [0.1, 0.15) is 24.4 Å². The minimum absolute atomic E-state index is 0.117. The van der Waals surface area contributed by atoms with Crippen LogP contribution >= 0.6 is 0 Å². The molecule has 2 rings (SSSR count). The highest BCUT2D eigenvalue weighted by atomic mass is 32.2. The van der Waals surface area contributed by atoms with E-state index in [-0.39, 0.29) is 6.04 Å². The molecule has 1 aromatic carbocycles. The lowest BCUT2D eigenvalue weighted by molar-refractivity contribution is 0.372. The van der Waals surface area contributed by atoms with Crippen molar-refractivity contribution in [3.8, 4) is 0 Å². The first-order valence-electron chi connectivity index (χ1n) is 6.26. The lowest BCUT2D eigenvalue weighted by atomic mass is 10.1. The Hall–Kier alpha value is -1.73. The van der Waals surface area contributed by atoms with E-state index < -0.39 is 9.84 Å². The minimum Gasteiger partial charge on any atom is -0.340 e. The molecule has 1 unspecified atom stereocenters. The van der Waals surface area contributed by atoms with E-state index in [1.54, 1.807) is 12.1 Å². The molecule has 0 radical (unpaired) electrons. The van der Waals surface area contributed by atoms with Crippen molar-refractivity contribution >= 4 is 9.84 Å². The Balaban J connectivity index is 1.90. The number of benzene rings is 1. The molecule has 0 saturated carbocycles. The van der Waals surface area contributed by atoms with Crippen LogP contribution in [0, 0.1) is 0 Å². The fraction of sp³-hybridized carbons (Fsp3) is 0.385. The first kappa shape index (κ1) is 14.7. The second kappa shape index (κ2) is 6.15. The molecule has 2 aromatic rings. The smallest absolute Gasteiger partial charge is 0.227 e. The van der Waals surface area contributed by atoms with Crippen LogP contribution in [0.25, 0.3) is 0 Å². The molecule has 7 heteroatoms. The van der Waals surface area contributed by atoms with Gasteiger partial charge in [-0.1, -0.05) is 17.3 Å². The lowest BCUT2D eigenvalue weighted by Gasteiger charge is -2.13. The van der Waals surface area contributed by atoms with E-state index in [4.69, 9.17) is 4.52 Å². The highest BCUT2D eigenvalue weighted by Crippen LogP contribution is 2.16. The highest BCUT2D eigenvalue weighted by Gasteiger charge is 2.09. The maximum Gasteiger partial charge on any atom is 0.227 e. The number of aromatic nitrogens is 2. The van der Waals surface area contributed by atoms with Gasteiger partial charge in [0.25, 0.3) is 0 Å². The third-order valence-electron chi connectivity index (χ3n) is 3.00. The topological polar surface area (TPSA) is 85.1 Å². The van der Waals surface area contributed by atoms with E-state index in [1.165, 1.54) is 12.6 Å². The molecule has 20 heavy (non-hydrogen) atoms. The zero-order valence-electron chi connectivity index (χ0n) is 11.4. The first-order chi connectivity index (χ1) is 9.47. The van der Waals surface area contributed by atoms with Gasteiger partial charge in [0.05, 0.1) is 4.90 Å². The van der Waals surface area contributed by atoms with Gasteiger partial charge in [-0.2, -0.15) is 4.98 Å². The van der Waals surface area contributed by atoms with E-state index in [0.29, 0.717) is 23.8 Å². The zero-order valence-corrected chi connectivity index (χ0v) is 12.2. The molecule has 1 atom stereocenters. The van der Waals surface area contributed by atoms with Gasteiger partial charge in [0.1, 0.15) is 0 Å². The van der Waals surface area contributed by atoms with Crippen LogP contribution in [0.15, 0.2) is 40.0 Å². The number of hydrogen-bond donors (Lipinski definition) is 1. The molecule has 0 bridgehead atoms. The normalized spacial score (nSPS) is 13.3. The molecule has 108 valence electrons. The predicted octanol–water partition coefficient (Wildman–Crippen LogP) is 1.37. The molecule has 1 N–H and O–H groups in total. The van der Waals surface area contributed by atoms with E-state index in [2.05, 4.69) is 15.5 Å². The highest BCUT2D eigenvalue weighted by molar-refractivity contribution is 7.90. The molecule has 1 heterocycles. The molecular formula is C13H17N3O3S. The Kier molecular flexibility index (Phi) is 4.51. The van der Waals surface area contributed by atoms with Crippen molar-refractivity contribution < 1.29 is 12.9 Å². The summed E-state index contributed by atoms with van der Waals surface area (Å²) in [7, 11) is -3.14. The third-order valence-corrected chi connectivity index (χ3v) is 4.13. The monoisotopic (exact) mass is 295 g/mol. The summed E-state index contributed by atoms with van der Waals surface area (Å²) < 4.78 is 27.7. The van der Waals surface area contributed by atoms with Crippen LogP contribution in [0.4, 0.5) is 0 Å². The fourth-order valence-corrected chi connectivity index (χ4v) is 2.45. The Bertz CT molecular complexity index is 636. The van der Waals surface area contributed by atoms with Crippen LogP contribution in [0.2, 0.25) is 0 Å². The summed E-state index contributed by atoms with van der Waals surface area (Å²) in [5.74, 6) is 0.595. The Morgan fingerprint density at radius 2 is 2.00 bits per heavy atom. The molecule has 1 aromatic heterocycles. The Morgan fingerprint density at radius 3 is 2.55 bits per heavy atom. The van der Waals surface area contributed by atoms with Gasteiger partial charge in [0, 0.05) is 25.3 Å². The molecular weight excluding hydrogens is 278 g/mol. The molecule has 6 nitrogen and oxygen atoms in total. The third kappa shape index (κ3) is 3.88. The van der Waals surface area contributed by atoms with Gasteiger partial charge in [-0.25, -0.2) is 8.42 Å². The van der Waals surface area contributed by atoms with E-state index >= 15 is 0 Å². The average Bonchev–Trinajstić information content (AvgIpc) is 2.91. The second-order valence-electron chi connectivity index (χ2n) is 4.60. The predicted molar refractivity (Wildman–Crippen MR) is 74.0 cm³/mol. The number of nitrogens with one attached hydrogen (secondary N) is 1. The molecule has 0 fully saturated rings. The summed E-state index contributed by atoms with van der Waals surface area (Å²) in [6, 6.07) is 7.01. The fourth-order valence-electron chi connectivity index (χ4n) is 1.82. The second-order valence-corrected chi connectivity index (χ2v) is 6.62. The summed E-state index contributed by atoms with van der Waals surface area (Å²) in [5, 5.41) is 6.86. The summed E-state index contributed by atoms with van der Waals surface area (Å²) >= 11 is 0. The SMILES string of the molecule is CC(NCCc1ncno1)c1ccc(S(C)(=O)=O)cc1. The van der Waals surface area contributed by atoms with Crippen molar-refractivity contribution in [2.45, 2.75) is 24.3 Å². The van der Waals surface area contributed by atoms with E-state index in [0.717, 1.165) is 5.56 Å². The van der Waals surface area contributed by atoms with Gasteiger partial charge in [0.15, 0.2) is 16.2 Å². The molecule has 0 aliphatic carbocycles. The molecule has 0 saturated heterocycles. The molecule has 0 spiro atoms. The maximum absolute atomic E-state index is 11.4. The number of hydrogen-bond acceptors (Lipinski definition) is 6. The largest absolute Gasteiger partial charge is 0.340 e. The quantitative estimate of drug-likeness (QED) is 0.866. The van der Waals surface area contributed by atoms with E-state index in [1.807, 2.05) is 19.1 Å². The van der Waals surface area contributed by atoms with Gasteiger partial charge in [-0.05, 0) is 24.6 Å². The number of sulfone groups is 1. The van der Waals surface area contributed by atoms with Gasteiger partial charge >= 0.3 is 0 Å². The number of rotatable bonds is 6. The van der Waals surface area contributed by atoms with Crippen molar-refractivity contribution in [3.63, 3.8) is 0 Å². The van der Waals surface area contributed by atoms with Crippen LogP contribution in [-0.2, 0) is 16.3 Å². The average molecular weight is 295 g/mol. The summed E-state index contributed by atoms with van der Waals surface area (Å²) in [5.41, 5.74) is 1.03. The van der Waals surface area contributed by atoms with Crippen molar-refractivity contribution in [2.24, 2.45) is 0 Å². The van der Waals surface area contributed by atoms with Crippen molar-refractivity contribution in [2.75, 3.05) is 12.8 Å². The van der Waals surface area contributed by atoms with Crippen molar-refractivity contribution in [3.05, 3.63) is 42.0 Å². The molecule has 0 aliphatic heterocycles. The van der Waals surface area contributed by atoms with Crippen molar-refractivity contribution in [1.29, 1.82) is 0 Å². The summed E-state index contributed by atoms with van der Waals surface area (Å²) in [6.07, 6.45) is 3.24. The summed E-state index contributed by atoms with van der Waals surface area (Å²) in [4.78, 5) is 4.27. The molecule has 0 aliphatic rings. The van der Waals surface area contributed by atoms with Crippen LogP contribution in [-0.4, -0.2) is 31.4 Å². The van der Waals surface area contributed by atoms with Crippen molar-refractivity contribution in [1.82, 2.24) is 15.5 Å². The van der Waals surface area contributed by atoms with Crippen LogP contribution in [0.3, 0.4) is 0 Å². The zero-order chi connectivity index (χ0) is 14.6. The van der Waals surface area contributed by atoms with Gasteiger partial charge in [-0.3, -0.25) is 0 Å². The molecule has 0 amide bonds. The van der Waals surface area contributed by atoms with Gasteiger partial charge in [0.2, 0.25) is 5.89 Å². The summed E-state index contributed by atoms with van der Waals surface area (Å²) in [6.45, 7) is 2.72. The maximum atomic E-state index is 11.4. The lowest BCUT2D eigenvalue weighted by Crippen LogP contribution is -2.21. The number of nitrogens with zero attached hydrogens (tertiary/aromatic N) is 2. The van der Waals surface area contributed by atoms with Gasteiger partial charge < -0.3 is 9.84 Å². The van der Waals surface area contributed by atoms with E-state index in [9.17, 15) is 8.42 Å². The van der Waals surface area contributed by atoms with Gasteiger partial charge in [-0.15, -0.1) is 0 Å². The minimum atomic E-state index is -3.14. The first-order valence-corrected chi connectivity index (χ1v) is 8.15. The Labute approximate surface area is 118 Å². The van der Waals surface area contributed by atoms with Crippen LogP contribution < -0.4 is 5.32 Å².